The molecule has 1 fully saturated rings. The number of hydrogen-bond acceptors (Lipinski definition) is 5. The largest absolute Gasteiger partial charge is 0.497 e. The van der Waals surface area contributed by atoms with E-state index in [0.29, 0.717) is 24.5 Å². The first kappa shape index (κ1) is 25.3. The number of piperazine rings is 1. The fourth-order valence-corrected chi connectivity index (χ4v) is 4.57. The summed E-state index contributed by atoms with van der Waals surface area (Å²) in [6, 6.07) is 27.5. The van der Waals surface area contributed by atoms with E-state index < -0.39 is 0 Å². The van der Waals surface area contributed by atoms with Gasteiger partial charge in [-0.1, -0.05) is 54.6 Å². The Bertz CT molecular complexity index is 1390. The fraction of sp³-hybridized carbons (Fsp3) is 0.226. The van der Waals surface area contributed by atoms with E-state index >= 15 is 0 Å². The van der Waals surface area contributed by atoms with E-state index in [-0.39, 0.29) is 5.91 Å². The predicted octanol–water partition coefficient (Wildman–Crippen LogP) is 5.03. The lowest BCUT2D eigenvalue weighted by molar-refractivity contribution is 0.0641. The van der Waals surface area contributed by atoms with Crippen molar-refractivity contribution in [1.29, 1.82) is 0 Å². The van der Waals surface area contributed by atoms with Crippen molar-refractivity contribution < 1.29 is 14.3 Å². The van der Waals surface area contributed by atoms with Crippen molar-refractivity contribution in [2.75, 3.05) is 46.9 Å². The molecule has 0 radical (unpaired) electrons. The molecular formula is C31H32N4O3. The first-order valence-electron chi connectivity index (χ1n) is 12.8. The zero-order valence-corrected chi connectivity index (χ0v) is 21.8. The Balaban J connectivity index is 1.34. The molecule has 1 saturated heterocycles. The molecule has 5 rings (SSSR count). The van der Waals surface area contributed by atoms with Crippen LogP contribution in [-0.2, 0) is 0 Å². The third kappa shape index (κ3) is 5.79. The number of amides is 1. The van der Waals surface area contributed by atoms with E-state index in [2.05, 4.69) is 29.2 Å². The normalized spacial score (nSPS) is 14.1. The van der Waals surface area contributed by atoms with Crippen molar-refractivity contribution in [2.24, 2.45) is 0 Å². The average Bonchev–Trinajstić information content (AvgIpc) is 3.43. The first-order chi connectivity index (χ1) is 18.6. The molecule has 0 atom stereocenters. The summed E-state index contributed by atoms with van der Waals surface area (Å²) in [5, 5.41) is 4.84. The highest BCUT2D eigenvalue weighted by molar-refractivity contribution is 5.94. The Labute approximate surface area is 223 Å². The van der Waals surface area contributed by atoms with Gasteiger partial charge in [0.15, 0.2) is 0 Å². The van der Waals surface area contributed by atoms with E-state index in [1.54, 1.807) is 18.9 Å². The van der Waals surface area contributed by atoms with Gasteiger partial charge in [-0.05, 0) is 48.0 Å². The monoisotopic (exact) mass is 508 g/mol. The number of carbonyl (C=O) groups excluding carboxylic acids is 1. The van der Waals surface area contributed by atoms with Gasteiger partial charge in [-0.2, -0.15) is 5.10 Å². The zero-order chi connectivity index (χ0) is 26.3. The smallest absolute Gasteiger partial charge is 0.272 e. The SMILES string of the molecule is COc1ccc(-n2nc(-c3cccc(OC)c3)cc2C(=O)N2CCN(C/C=C/c3ccccc3)CC2)cc1. The Kier molecular flexibility index (Phi) is 7.85. The lowest BCUT2D eigenvalue weighted by atomic mass is 10.1. The van der Waals surface area contributed by atoms with E-state index in [9.17, 15) is 4.79 Å². The molecule has 0 unspecified atom stereocenters. The molecule has 194 valence electrons. The standard InChI is InChI=1S/C31H32N4O3/c1-37-27-15-13-26(14-16-27)35-30(23-29(32-35)25-11-6-12-28(22-25)38-2)31(36)34-20-18-33(19-21-34)17-7-10-24-8-4-3-5-9-24/h3-16,22-23H,17-21H2,1-2H3/b10-7+. The van der Waals surface area contributed by atoms with Gasteiger partial charge >= 0.3 is 0 Å². The number of ether oxygens (including phenoxy) is 2. The quantitative estimate of drug-likeness (QED) is 0.334. The minimum absolute atomic E-state index is 0.0260. The second-order valence-corrected chi connectivity index (χ2v) is 9.16. The van der Waals surface area contributed by atoms with Crippen molar-refractivity contribution in [1.82, 2.24) is 19.6 Å². The van der Waals surface area contributed by atoms with E-state index in [0.717, 1.165) is 42.4 Å². The Morgan fingerprint density at radius 1 is 0.842 bits per heavy atom. The molecule has 1 aromatic heterocycles. The van der Waals surface area contributed by atoms with E-state index in [4.69, 9.17) is 14.6 Å². The van der Waals surface area contributed by atoms with Gasteiger partial charge in [0.25, 0.3) is 5.91 Å². The predicted molar refractivity (Wildman–Crippen MR) is 150 cm³/mol. The van der Waals surface area contributed by atoms with Crippen molar-refractivity contribution >= 4 is 12.0 Å². The Morgan fingerprint density at radius 3 is 2.29 bits per heavy atom. The third-order valence-corrected chi connectivity index (χ3v) is 6.74. The summed E-state index contributed by atoms with van der Waals surface area (Å²) in [4.78, 5) is 18.1. The molecule has 0 aliphatic carbocycles. The van der Waals surface area contributed by atoms with Gasteiger partial charge in [0, 0.05) is 38.3 Å². The minimum Gasteiger partial charge on any atom is -0.497 e. The summed E-state index contributed by atoms with van der Waals surface area (Å²) >= 11 is 0. The van der Waals surface area contributed by atoms with Gasteiger partial charge in [0.2, 0.25) is 0 Å². The van der Waals surface area contributed by atoms with E-state index in [1.807, 2.05) is 77.7 Å². The number of aromatic nitrogens is 2. The van der Waals surface area contributed by atoms with Gasteiger partial charge in [-0.25, -0.2) is 4.68 Å². The molecule has 3 aromatic carbocycles. The maximum atomic E-state index is 13.8. The molecule has 7 nitrogen and oxygen atoms in total. The first-order valence-corrected chi connectivity index (χ1v) is 12.8. The van der Waals surface area contributed by atoms with Gasteiger partial charge in [0.05, 0.1) is 25.6 Å². The van der Waals surface area contributed by atoms with Crippen LogP contribution in [0.25, 0.3) is 23.0 Å². The number of methoxy groups -OCH3 is 2. The topological polar surface area (TPSA) is 59.8 Å². The molecule has 1 aliphatic rings. The molecule has 7 heteroatoms. The molecule has 0 bridgehead atoms. The zero-order valence-electron chi connectivity index (χ0n) is 21.8. The highest BCUT2D eigenvalue weighted by Crippen LogP contribution is 2.27. The van der Waals surface area contributed by atoms with Gasteiger partial charge in [-0.3, -0.25) is 9.69 Å². The lowest BCUT2D eigenvalue weighted by Crippen LogP contribution is -2.49. The van der Waals surface area contributed by atoms with Gasteiger partial charge < -0.3 is 14.4 Å². The number of hydrogen-bond donors (Lipinski definition) is 0. The minimum atomic E-state index is -0.0260. The number of benzene rings is 3. The molecule has 38 heavy (non-hydrogen) atoms. The lowest BCUT2D eigenvalue weighted by Gasteiger charge is -2.34. The number of nitrogens with zero attached hydrogens (tertiary/aromatic N) is 4. The molecule has 2 heterocycles. The van der Waals surface area contributed by atoms with E-state index in [1.165, 1.54) is 5.56 Å². The molecule has 0 N–H and O–H groups in total. The van der Waals surface area contributed by atoms with Crippen molar-refractivity contribution in [3.8, 4) is 28.4 Å². The molecule has 0 spiro atoms. The van der Waals surface area contributed by atoms with Crippen LogP contribution in [0.15, 0.2) is 91.0 Å². The third-order valence-electron chi connectivity index (χ3n) is 6.74. The second-order valence-electron chi connectivity index (χ2n) is 9.16. The summed E-state index contributed by atoms with van der Waals surface area (Å²) in [5.74, 6) is 1.47. The summed E-state index contributed by atoms with van der Waals surface area (Å²) in [5.41, 5.74) is 4.13. The Morgan fingerprint density at radius 2 is 1.58 bits per heavy atom. The molecular weight excluding hydrogens is 476 g/mol. The second kappa shape index (κ2) is 11.8. The molecule has 1 aliphatic heterocycles. The maximum absolute atomic E-state index is 13.8. The van der Waals surface area contributed by atoms with Gasteiger partial charge in [0.1, 0.15) is 17.2 Å². The highest BCUT2D eigenvalue weighted by Gasteiger charge is 2.26. The molecule has 4 aromatic rings. The number of carbonyl (C=O) groups is 1. The highest BCUT2D eigenvalue weighted by atomic mass is 16.5. The molecule has 1 amide bonds. The summed E-state index contributed by atoms with van der Waals surface area (Å²) < 4.78 is 12.4. The van der Waals surface area contributed by atoms with Crippen LogP contribution in [-0.4, -0.2) is 72.4 Å². The number of rotatable bonds is 8. The van der Waals surface area contributed by atoms with Crippen LogP contribution < -0.4 is 9.47 Å². The van der Waals surface area contributed by atoms with Crippen LogP contribution in [0.5, 0.6) is 11.5 Å². The summed E-state index contributed by atoms with van der Waals surface area (Å²) in [6.45, 7) is 3.84. The van der Waals surface area contributed by atoms with Crippen LogP contribution in [0, 0.1) is 0 Å². The van der Waals surface area contributed by atoms with Crippen molar-refractivity contribution in [3.05, 3.63) is 102 Å². The fourth-order valence-electron chi connectivity index (χ4n) is 4.57. The van der Waals surface area contributed by atoms with Gasteiger partial charge in [-0.15, -0.1) is 0 Å². The van der Waals surface area contributed by atoms with Crippen molar-refractivity contribution in [2.45, 2.75) is 0 Å². The molecule has 0 saturated carbocycles. The van der Waals surface area contributed by atoms with Crippen LogP contribution in [0.4, 0.5) is 0 Å². The van der Waals surface area contributed by atoms with Crippen LogP contribution >= 0.6 is 0 Å². The Hall–Kier alpha value is -4.36. The van der Waals surface area contributed by atoms with Crippen molar-refractivity contribution in [3.63, 3.8) is 0 Å². The van der Waals surface area contributed by atoms with Crippen LogP contribution in [0.1, 0.15) is 16.1 Å². The van der Waals surface area contributed by atoms with Crippen LogP contribution in [0.3, 0.4) is 0 Å². The van der Waals surface area contributed by atoms with Crippen LogP contribution in [0.2, 0.25) is 0 Å². The average molecular weight is 509 g/mol. The summed E-state index contributed by atoms with van der Waals surface area (Å²) in [6.07, 6.45) is 4.33. The summed E-state index contributed by atoms with van der Waals surface area (Å²) in [7, 11) is 3.27. The maximum Gasteiger partial charge on any atom is 0.272 e.